The maximum absolute atomic E-state index is 6.02. The minimum absolute atomic E-state index is 0.437. The van der Waals surface area contributed by atoms with Gasteiger partial charge in [0.1, 0.15) is 0 Å². The molecule has 5 nitrogen and oxygen atoms in total. The van der Waals surface area contributed by atoms with E-state index in [0.717, 1.165) is 22.6 Å². The molecule has 1 aromatic heterocycles. The predicted octanol–water partition coefficient (Wildman–Crippen LogP) is 2.65. The summed E-state index contributed by atoms with van der Waals surface area (Å²) in [6.45, 7) is 4.10. The van der Waals surface area contributed by atoms with Gasteiger partial charge < -0.3 is 5.73 Å². The Hall–Kier alpha value is -1.91. The molecule has 0 spiro atoms. The van der Waals surface area contributed by atoms with Crippen LogP contribution in [0.1, 0.15) is 42.9 Å². The van der Waals surface area contributed by atoms with E-state index in [1.807, 2.05) is 17.7 Å². The fourth-order valence-corrected chi connectivity index (χ4v) is 2.88. The summed E-state index contributed by atoms with van der Waals surface area (Å²) in [5, 5.41) is 12.2. The number of nitrogens with zero attached hydrogens (tertiary/aromatic N) is 4. The van der Waals surface area contributed by atoms with Gasteiger partial charge in [0.05, 0.1) is 6.04 Å². The van der Waals surface area contributed by atoms with E-state index in [4.69, 9.17) is 5.73 Å². The molecule has 2 N–H and O–H groups in total. The molecule has 0 unspecified atom stereocenters. The number of nitrogens with two attached hydrogens (primary N) is 1. The van der Waals surface area contributed by atoms with Crippen LogP contribution in [0.4, 0.5) is 5.69 Å². The number of tetrazole rings is 1. The standard InChI is InChI=1S/C14H19N5/c1-9-7-10(2)13(15)8-12(9)14-16-17-18-19(14)11-5-3-4-6-11/h7-8,11H,3-6,15H2,1-2H3. The highest BCUT2D eigenvalue weighted by molar-refractivity contribution is 5.67. The van der Waals surface area contributed by atoms with Crippen LogP contribution in [-0.4, -0.2) is 20.2 Å². The number of benzene rings is 1. The highest BCUT2D eigenvalue weighted by Gasteiger charge is 2.23. The summed E-state index contributed by atoms with van der Waals surface area (Å²) in [4.78, 5) is 0. The monoisotopic (exact) mass is 257 g/mol. The first-order chi connectivity index (χ1) is 9.16. The third kappa shape index (κ3) is 2.09. The number of hydrogen-bond acceptors (Lipinski definition) is 4. The quantitative estimate of drug-likeness (QED) is 0.840. The Kier molecular flexibility index (Phi) is 2.97. The van der Waals surface area contributed by atoms with Crippen LogP contribution >= 0.6 is 0 Å². The molecule has 1 fully saturated rings. The highest BCUT2D eigenvalue weighted by Crippen LogP contribution is 2.33. The van der Waals surface area contributed by atoms with Crippen LogP contribution in [0.5, 0.6) is 0 Å². The van der Waals surface area contributed by atoms with Crippen molar-refractivity contribution < 1.29 is 0 Å². The van der Waals surface area contributed by atoms with Gasteiger partial charge in [0.2, 0.25) is 0 Å². The van der Waals surface area contributed by atoms with Gasteiger partial charge in [0.15, 0.2) is 5.82 Å². The molecule has 0 radical (unpaired) electrons. The summed E-state index contributed by atoms with van der Waals surface area (Å²) in [5.41, 5.74) is 10.1. The molecule has 0 atom stereocenters. The van der Waals surface area contributed by atoms with Gasteiger partial charge in [-0.3, -0.25) is 0 Å². The average Bonchev–Trinajstić information content (AvgIpc) is 3.03. The summed E-state index contributed by atoms with van der Waals surface area (Å²) in [7, 11) is 0. The van der Waals surface area contributed by atoms with E-state index < -0.39 is 0 Å². The SMILES string of the molecule is Cc1cc(C)c(-c2nnnn2C2CCCC2)cc1N. The molecule has 2 aromatic rings. The Morgan fingerprint density at radius 1 is 1.16 bits per heavy atom. The van der Waals surface area contributed by atoms with E-state index in [0.29, 0.717) is 6.04 Å². The van der Waals surface area contributed by atoms with E-state index in [9.17, 15) is 0 Å². The second-order valence-corrected chi connectivity index (χ2v) is 5.41. The van der Waals surface area contributed by atoms with Crippen LogP contribution in [-0.2, 0) is 0 Å². The highest BCUT2D eigenvalue weighted by atomic mass is 15.5. The van der Waals surface area contributed by atoms with Crippen molar-refractivity contribution in [1.29, 1.82) is 0 Å². The maximum atomic E-state index is 6.02. The van der Waals surface area contributed by atoms with Gasteiger partial charge in [-0.15, -0.1) is 5.10 Å². The Bertz CT molecular complexity index is 596. The van der Waals surface area contributed by atoms with E-state index in [2.05, 4.69) is 28.5 Å². The fourth-order valence-electron chi connectivity index (χ4n) is 2.88. The Morgan fingerprint density at radius 2 is 1.89 bits per heavy atom. The molecular weight excluding hydrogens is 238 g/mol. The van der Waals surface area contributed by atoms with E-state index >= 15 is 0 Å². The number of nitrogen functional groups attached to an aromatic ring is 1. The van der Waals surface area contributed by atoms with Gasteiger partial charge in [0.25, 0.3) is 0 Å². The van der Waals surface area contributed by atoms with Crippen LogP contribution in [0.3, 0.4) is 0 Å². The third-order valence-electron chi connectivity index (χ3n) is 4.02. The lowest BCUT2D eigenvalue weighted by molar-refractivity contribution is 0.458. The molecule has 1 saturated carbocycles. The maximum Gasteiger partial charge on any atom is 0.182 e. The molecule has 1 aromatic carbocycles. The second kappa shape index (κ2) is 4.64. The first kappa shape index (κ1) is 12.1. The first-order valence-corrected chi connectivity index (χ1v) is 6.82. The largest absolute Gasteiger partial charge is 0.398 e. The molecular formula is C14H19N5. The lowest BCUT2D eigenvalue weighted by Gasteiger charge is -2.13. The van der Waals surface area contributed by atoms with Gasteiger partial charge in [-0.05, 0) is 54.3 Å². The molecule has 0 bridgehead atoms. The molecule has 19 heavy (non-hydrogen) atoms. The van der Waals surface area contributed by atoms with Crippen LogP contribution in [0.2, 0.25) is 0 Å². The normalized spacial score (nSPS) is 16.1. The Morgan fingerprint density at radius 3 is 2.63 bits per heavy atom. The van der Waals surface area contributed by atoms with Crippen molar-refractivity contribution in [2.24, 2.45) is 0 Å². The summed E-state index contributed by atoms with van der Waals surface area (Å²) >= 11 is 0. The fraction of sp³-hybridized carbons (Fsp3) is 0.500. The molecule has 0 amide bonds. The minimum atomic E-state index is 0.437. The van der Waals surface area contributed by atoms with Crippen molar-refractivity contribution in [3.8, 4) is 11.4 Å². The van der Waals surface area contributed by atoms with Crippen LogP contribution in [0.25, 0.3) is 11.4 Å². The number of aryl methyl sites for hydroxylation is 2. The Labute approximate surface area is 112 Å². The minimum Gasteiger partial charge on any atom is -0.398 e. The molecule has 0 saturated heterocycles. The molecule has 3 rings (SSSR count). The number of rotatable bonds is 2. The topological polar surface area (TPSA) is 69.6 Å². The predicted molar refractivity (Wildman–Crippen MR) is 74.6 cm³/mol. The van der Waals surface area contributed by atoms with Crippen LogP contribution in [0.15, 0.2) is 12.1 Å². The molecule has 0 aliphatic heterocycles. The molecule has 1 aliphatic carbocycles. The van der Waals surface area contributed by atoms with E-state index in [-0.39, 0.29) is 0 Å². The van der Waals surface area contributed by atoms with Crippen LogP contribution < -0.4 is 5.73 Å². The van der Waals surface area contributed by atoms with Crippen molar-refractivity contribution in [3.05, 3.63) is 23.3 Å². The van der Waals surface area contributed by atoms with Gasteiger partial charge in [-0.1, -0.05) is 18.9 Å². The summed E-state index contributed by atoms with van der Waals surface area (Å²) in [5.74, 6) is 0.844. The lowest BCUT2D eigenvalue weighted by Crippen LogP contribution is -2.09. The Balaban J connectivity index is 2.07. The van der Waals surface area contributed by atoms with E-state index in [1.54, 1.807) is 0 Å². The first-order valence-electron chi connectivity index (χ1n) is 6.82. The van der Waals surface area contributed by atoms with Crippen molar-refractivity contribution in [2.45, 2.75) is 45.6 Å². The number of aromatic nitrogens is 4. The molecule has 100 valence electrons. The zero-order valence-electron chi connectivity index (χ0n) is 11.4. The molecule has 1 aliphatic rings. The van der Waals surface area contributed by atoms with Gasteiger partial charge in [-0.25, -0.2) is 4.68 Å². The lowest BCUT2D eigenvalue weighted by atomic mass is 10.0. The third-order valence-corrected chi connectivity index (χ3v) is 4.02. The van der Waals surface area contributed by atoms with Gasteiger partial charge >= 0.3 is 0 Å². The second-order valence-electron chi connectivity index (χ2n) is 5.41. The van der Waals surface area contributed by atoms with Gasteiger partial charge in [-0.2, -0.15) is 0 Å². The van der Waals surface area contributed by atoms with Crippen molar-refractivity contribution in [1.82, 2.24) is 20.2 Å². The molecule has 5 heteroatoms. The summed E-state index contributed by atoms with van der Waals surface area (Å²) in [6.07, 6.45) is 4.86. The van der Waals surface area contributed by atoms with Crippen molar-refractivity contribution in [2.75, 3.05) is 5.73 Å². The zero-order valence-corrected chi connectivity index (χ0v) is 11.4. The zero-order chi connectivity index (χ0) is 13.4. The summed E-state index contributed by atoms with van der Waals surface area (Å²) < 4.78 is 1.98. The van der Waals surface area contributed by atoms with Crippen molar-refractivity contribution in [3.63, 3.8) is 0 Å². The van der Waals surface area contributed by atoms with Crippen molar-refractivity contribution >= 4 is 5.69 Å². The van der Waals surface area contributed by atoms with Crippen LogP contribution in [0, 0.1) is 13.8 Å². The molecule has 1 heterocycles. The van der Waals surface area contributed by atoms with E-state index in [1.165, 1.54) is 31.2 Å². The number of anilines is 1. The average molecular weight is 257 g/mol. The van der Waals surface area contributed by atoms with Gasteiger partial charge in [0, 0.05) is 11.3 Å². The smallest absolute Gasteiger partial charge is 0.182 e. The summed E-state index contributed by atoms with van der Waals surface area (Å²) in [6, 6.07) is 4.52. The number of hydrogen-bond donors (Lipinski definition) is 1.